The Morgan fingerprint density at radius 3 is 2.36 bits per heavy atom. The van der Waals surface area contributed by atoms with Crippen LogP contribution in [0.1, 0.15) is 5.56 Å². The zero-order valence-corrected chi connectivity index (χ0v) is 12.3. The maximum Gasteiger partial charge on any atom is 0.156 e. The van der Waals surface area contributed by atoms with Crippen LogP contribution in [0.4, 0.5) is 0 Å². The molecular weight excluding hydrogens is 270 g/mol. The van der Waals surface area contributed by atoms with E-state index in [1.54, 1.807) is 6.20 Å². The summed E-state index contributed by atoms with van der Waals surface area (Å²) in [4.78, 5) is 4.71. The first-order chi connectivity index (χ1) is 10.8. The highest BCUT2D eigenvalue weighted by Crippen LogP contribution is 2.26. The van der Waals surface area contributed by atoms with E-state index < -0.39 is 0 Å². The topological polar surface area (TPSA) is 30.2 Å². The van der Waals surface area contributed by atoms with Gasteiger partial charge in [0.25, 0.3) is 0 Å². The highest BCUT2D eigenvalue weighted by atomic mass is 15.2. The van der Waals surface area contributed by atoms with E-state index in [1.807, 2.05) is 28.8 Å². The second-order valence-corrected chi connectivity index (χ2v) is 5.36. The van der Waals surface area contributed by atoms with Crippen LogP contribution in [0, 0.1) is 6.92 Å². The van der Waals surface area contributed by atoms with E-state index in [4.69, 9.17) is 4.98 Å². The normalized spacial score (nSPS) is 11.0. The van der Waals surface area contributed by atoms with E-state index >= 15 is 0 Å². The van der Waals surface area contributed by atoms with Gasteiger partial charge in [-0.2, -0.15) is 5.10 Å². The number of hydrogen-bond acceptors (Lipinski definition) is 2. The second-order valence-electron chi connectivity index (χ2n) is 5.36. The Morgan fingerprint density at radius 1 is 0.818 bits per heavy atom. The van der Waals surface area contributed by atoms with Crippen LogP contribution >= 0.6 is 0 Å². The zero-order chi connectivity index (χ0) is 14.9. The Hall–Kier alpha value is -2.94. The molecule has 0 radical (unpaired) electrons. The van der Waals surface area contributed by atoms with Crippen molar-refractivity contribution in [2.45, 2.75) is 6.92 Å². The van der Waals surface area contributed by atoms with Gasteiger partial charge in [0.2, 0.25) is 0 Å². The quantitative estimate of drug-likeness (QED) is 0.547. The maximum absolute atomic E-state index is 4.71. The van der Waals surface area contributed by atoms with Crippen molar-refractivity contribution in [1.29, 1.82) is 0 Å². The van der Waals surface area contributed by atoms with Gasteiger partial charge in [0, 0.05) is 17.2 Å². The first-order valence-corrected chi connectivity index (χ1v) is 7.28. The highest BCUT2D eigenvalue weighted by Gasteiger charge is 2.09. The average molecular weight is 285 g/mol. The summed E-state index contributed by atoms with van der Waals surface area (Å²) in [6, 6.07) is 22.8. The SMILES string of the molecule is Cc1ccc(-c2cc(-c3ccccc3)nc3ccnn23)cc1. The van der Waals surface area contributed by atoms with E-state index in [9.17, 15) is 0 Å². The smallest absolute Gasteiger partial charge is 0.156 e. The van der Waals surface area contributed by atoms with Gasteiger partial charge in [-0.25, -0.2) is 9.50 Å². The summed E-state index contributed by atoms with van der Waals surface area (Å²) in [5.41, 5.74) is 6.37. The molecule has 0 spiro atoms. The Bertz CT molecular complexity index is 922. The summed E-state index contributed by atoms with van der Waals surface area (Å²) >= 11 is 0. The van der Waals surface area contributed by atoms with Crippen molar-refractivity contribution in [2.75, 3.05) is 0 Å². The molecule has 0 atom stereocenters. The van der Waals surface area contributed by atoms with Gasteiger partial charge < -0.3 is 0 Å². The number of rotatable bonds is 2. The second kappa shape index (κ2) is 5.11. The van der Waals surface area contributed by atoms with Crippen LogP contribution in [0.15, 0.2) is 72.9 Å². The molecule has 0 amide bonds. The van der Waals surface area contributed by atoms with Crippen LogP contribution < -0.4 is 0 Å². The van der Waals surface area contributed by atoms with Crippen molar-refractivity contribution < 1.29 is 0 Å². The number of aryl methyl sites for hydroxylation is 1. The van der Waals surface area contributed by atoms with Crippen molar-refractivity contribution >= 4 is 5.65 Å². The molecule has 3 heteroatoms. The number of hydrogen-bond donors (Lipinski definition) is 0. The van der Waals surface area contributed by atoms with Gasteiger partial charge in [0.15, 0.2) is 5.65 Å². The lowest BCUT2D eigenvalue weighted by Gasteiger charge is -2.09. The average Bonchev–Trinajstić information content (AvgIpc) is 3.04. The summed E-state index contributed by atoms with van der Waals surface area (Å²) in [7, 11) is 0. The standard InChI is InChI=1S/C19H15N3/c1-14-7-9-16(10-8-14)18-13-17(15-5-3-2-4-6-15)21-19-11-12-20-22(18)19/h2-13H,1H3. The molecule has 0 saturated carbocycles. The first kappa shape index (κ1) is 12.8. The van der Waals surface area contributed by atoms with Gasteiger partial charge in [-0.3, -0.25) is 0 Å². The molecule has 0 saturated heterocycles. The summed E-state index contributed by atoms with van der Waals surface area (Å²) in [6.45, 7) is 2.09. The summed E-state index contributed by atoms with van der Waals surface area (Å²) in [6.07, 6.45) is 1.79. The minimum absolute atomic E-state index is 0.858. The monoisotopic (exact) mass is 285 g/mol. The van der Waals surface area contributed by atoms with Crippen molar-refractivity contribution in [3.63, 3.8) is 0 Å². The lowest BCUT2D eigenvalue weighted by atomic mass is 10.1. The van der Waals surface area contributed by atoms with E-state index in [1.165, 1.54) is 5.56 Å². The van der Waals surface area contributed by atoms with Crippen LogP contribution in [0.25, 0.3) is 28.2 Å². The van der Waals surface area contributed by atoms with Gasteiger partial charge in [0.1, 0.15) is 0 Å². The maximum atomic E-state index is 4.71. The van der Waals surface area contributed by atoms with Crippen LogP contribution in [0.5, 0.6) is 0 Å². The number of fused-ring (bicyclic) bond motifs is 1. The van der Waals surface area contributed by atoms with Gasteiger partial charge >= 0.3 is 0 Å². The van der Waals surface area contributed by atoms with E-state index in [2.05, 4.69) is 54.5 Å². The minimum Gasteiger partial charge on any atom is -0.228 e. The molecular formula is C19H15N3. The molecule has 0 N–H and O–H groups in total. The predicted octanol–water partition coefficient (Wildman–Crippen LogP) is 4.37. The highest BCUT2D eigenvalue weighted by molar-refractivity contribution is 5.71. The molecule has 4 aromatic rings. The molecule has 0 aliphatic rings. The molecule has 22 heavy (non-hydrogen) atoms. The largest absolute Gasteiger partial charge is 0.228 e. The van der Waals surface area contributed by atoms with Crippen LogP contribution in [-0.2, 0) is 0 Å². The third-order valence-electron chi connectivity index (χ3n) is 3.78. The van der Waals surface area contributed by atoms with Crippen molar-refractivity contribution in [3.8, 4) is 22.5 Å². The fraction of sp³-hybridized carbons (Fsp3) is 0.0526. The molecule has 0 bridgehead atoms. The molecule has 0 aliphatic carbocycles. The first-order valence-electron chi connectivity index (χ1n) is 7.28. The van der Waals surface area contributed by atoms with Gasteiger partial charge in [-0.1, -0.05) is 60.2 Å². The third-order valence-corrected chi connectivity index (χ3v) is 3.78. The van der Waals surface area contributed by atoms with Gasteiger partial charge in [0.05, 0.1) is 17.6 Å². The zero-order valence-electron chi connectivity index (χ0n) is 12.3. The molecule has 2 aromatic heterocycles. The fourth-order valence-electron chi connectivity index (χ4n) is 2.60. The predicted molar refractivity (Wildman–Crippen MR) is 88.6 cm³/mol. The van der Waals surface area contributed by atoms with Crippen molar-refractivity contribution in [3.05, 3.63) is 78.5 Å². The molecule has 0 aliphatic heterocycles. The molecule has 2 aromatic carbocycles. The minimum atomic E-state index is 0.858. The Morgan fingerprint density at radius 2 is 1.59 bits per heavy atom. The Labute approximate surface area is 128 Å². The number of nitrogens with zero attached hydrogens (tertiary/aromatic N) is 3. The molecule has 4 rings (SSSR count). The Balaban J connectivity index is 1.97. The molecule has 3 nitrogen and oxygen atoms in total. The third kappa shape index (κ3) is 2.17. The van der Waals surface area contributed by atoms with E-state index in [0.29, 0.717) is 0 Å². The fourth-order valence-corrected chi connectivity index (χ4v) is 2.60. The summed E-state index contributed by atoms with van der Waals surface area (Å²) in [5.74, 6) is 0. The lowest BCUT2D eigenvalue weighted by molar-refractivity contribution is 0.949. The Kier molecular flexibility index (Phi) is 2.97. The van der Waals surface area contributed by atoms with Gasteiger partial charge in [-0.05, 0) is 13.0 Å². The molecule has 106 valence electrons. The summed E-state index contributed by atoms with van der Waals surface area (Å²) in [5, 5.41) is 4.41. The van der Waals surface area contributed by atoms with Gasteiger partial charge in [-0.15, -0.1) is 0 Å². The molecule has 0 fully saturated rings. The van der Waals surface area contributed by atoms with E-state index in [-0.39, 0.29) is 0 Å². The van der Waals surface area contributed by atoms with Crippen molar-refractivity contribution in [2.24, 2.45) is 0 Å². The number of aromatic nitrogens is 3. The lowest BCUT2D eigenvalue weighted by Crippen LogP contribution is -1.98. The number of benzene rings is 2. The van der Waals surface area contributed by atoms with Crippen LogP contribution in [0.2, 0.25) is 0 Å². The molecule has 0 unspecified atom stereocenters. The molecule has 2 heterocycles. The van der Waals surface area contributed by atoms with Crippen LogP contribution in [0.3, 0.4) is 0 Å². The van der Waals surface area contributed by atoms with Crippen LogP contribution in [-0.4, -0.2) is 14.6 Å². The summed E-state index contributed by atoms with van der Waals surface area (Å²) < 4.78 is 1.89. The van der Waals surface area contributed by atoms with Crippen molar-refractivity contribution in [1.82, 2.24) is 14.6 Å². The van der Waals surface area contributed by atoms with E-state index in [0.717, 1.165) is 28.2 Å².